The van der Waals surface area contributed by atoms with E-state index in [9.17, 15) is 18.5 Å². The number of nitro benzene ring substituents is 1. The summed E-state index contributed by atoms with van der Waals surface area (Å²) in [5.41, 5.74) is 1.99. The molecule has 7 nitrogen and oxygen atoms in total. The molecule has 24 heavy (non-hydrogen) atoms. The zero-order valence-corrected chi connectivity index (χ0v) is 14.5. The lowest BCUT2D eigenvalue weighted by atomic mass is 10.0. The predicted octanol–water partition coefficient (Wildman–Crippen LogP) is 2.16. The molecule has 0 unspecified atom stereocenters. The molecular weight excluding hydrogens is 330 g/mol. The summed E-state index contributed by atoms with van der Waals surface area (Å²) < 4.78 is 27.0. The maximum atomic E-state index is 12.3. The fourth-order valence-corrected chi connectivity index (χ4v) is 3.48. The van der Waals surface area contributed by atoms with Crippen LogP contribution in [0.15, 0.2) is 47.4 Å². The van der Waals surface area contributed by atoms with Gasteiger partial charge in [-0.3, -0.25) is 10.1 Å². The molecule has 2 aromatic rings. The van der Waals surface area contributed by atoms with Crippen LogP contribution in [0.3, 0.4) is 0 Å². The number of benzene rings is 2. The molecular formula is C16H19N3O4S. The number of anilines is 1. The molecule has 2 rings (SSSR count). The van der Waals surface area contributed by atoms with Gasteiger partial charge < -0.3 is 4.90 Å². The number of non-ortho nitro benzene ring substituents is 1. The summed E-state index contributed by atoms with van der Waals surface area (Å²) in [6, 6.07) is 11.2. The van der Waals surface area contributed by atoms with E-state index in [-0.39, 0.29) is 17.0 Å². The van der Waals surface area contributed by atoms with Crippen LogP contribution in [-0.4, -0.2) is 34.5 Å². The van der Waals surface area contributed by atoms with Crippen LogP contribution in [0.25, 0.3) is 0 Å². The Kier molecular flexibility index (Phi) is 5.20. The molecule has 0 saturated heterocycles. The number of rotatable bonds is 6. The van der Waals surface area contributed by atoms with Crippen LogP contribution in [0, 0.1) is 10.1 Å². The van der Waals surface area contributed by atoms with E-state index in [1.807, 2.05) is 25.1 Å². The third-order valence-corrected chi connectivity index (χ3v) is 5.15. The molecule has 0 aliphatic heterocycles. The fraction of sp³-hybridized carbons (Fsp3) is 0.250. The summed E-state index contributed by atoms with van der Waals surface area (Å²) in [7, 11) is 1.36. The van der Waals surface area contributed by atoms with Crippen molar-refractivity contribution in [2.45, 2.75) is 11.3 Å². The van der Waals surface area contributed by atoms with Crippen molar-refractivity contribution in [2.24, 2.45) is 0 Å². The van der Waals surface area contributed by atoms with Crippen molar-refractivity contribution < 1.29 is 13.3 Å². The first-order valence-corrected chi connectivity index (χ1v) is 8.70. The smallest absolute Gasteiger partial charge is 0.269 e. The van der Waals surface area contributed by atoms with Crippen molar-refractivity contribution in [2.75, 3.05) is 26.0 Å². The first-order chi connectivity index (χ1) is 11.3. The zero-order chi connectivity index (χ0) is 17.9. The van der Waals surface area contributed by atoms with Gasteiger partial charge in [0.15, 0.2) is 0 Å². The highest BCUT2D eigenvalue weighted by Crippen LogP contribution is 2.29. The third-order valence-electron chi connectivity index (χ3n) is 3.65. The largest absolute Gasteiger partial charge is 0.377 e. The summed E-state index contributed by atoms with van der Waals surface area (Å²) in [5, 5.41) is 10.9. The molecule has 0 saturated carbocycles. The highest BCUT2D eigenvalue weighted by molar-refractivity contribution is 7.89. The van der Waals surface area contributed by atoms with E-state index in [1.165, 1.54) is 25.2 Å². The van der Waals surface area contributed by atoms with E-state index in [0.717, 1.165) is 5.69 Å². The molecule has 0 heterocycles. The number of nitro groups is 1. The maximum absolute atomic E-state index is 12.3. The molecule has 0 amide bonds. The second-order valence-corrected chi connectivity index (χ2v) is 7.31. The van der Waals surface area contributed by atoms with Crippen LogP contribution in [0.2, 0.25) is 0 Å². The standard InChI is InChI=1S/C16H19N3O4S/c1-17-24(22,23)16-9-5-8-15(18(2)3)14(16)11-12-6-4-7-13(10-12)19(20)21/h4-10,17H,11H2,1-3H3. The van der Waals surface area contributed by atoms with Gasteiger partial charge in [0.05, 0.1) is 9.82 Å². The molecule has 0 fully saturated rings. The van der Waals surface area contributed by atoms with Crippen molar-refractivity contribution in [3.05, 3.63) is 63.7 Å². The van der Waals surface area contributed by atoms with Gasteiger partial charge in [-0.25, -0.2) is 13.1 Å². The molecule has 1 N–H and O–H groups in total. The minimum atomic E-state index is -3.64. The number of nitrogens with zero attached hydrogens (tertiary/aromatic N) is 2. The predicted molar refractivity (Wildman–Crippen MR) is 92.9 cm³/mol. The molecule has 0 aliphatic rings. The lowest BCUT2D eigenvalue weighted by Gasteiger charge is -2.20. The minimum Gasteiger partial charge on any atom is -0.377 e. The van der Waals surface area contributed by atoms with Crippen molar-refractivity contribution in [3.8, 4) is 0 Å². The average Bonchev–Trinajstić information content (AvgIpc) is 2.54. The summed E-state index contributed by atoms with van der Waals surface area (Å²) in [4.78, 5) is 12.5. The first-order valence-electron chi connectivity index (χ1n) is 7.22. The van der Waals surface area contributed by atoms with Crippen LogP contribution in [0.1, 0.15) is 11.1 Å². The molecule has 0 bridgehead atoms. The average molecular weight is 349 g/mol. The summed E-state index contributed by atoms with van der Waals surface area (Å²) in [6.07, 6.45) is 0.270. The Labute approximate surface area is 141 Å². The van der Waals surface area contributed by atoms with Gasteiger partial charge >= 0.3 is 0 Å². The van der Waals surface area contributed by atoms with E-state index in [2.05, 4.69) is 4.72 Å². The number of nitrogens with one attached hydrogen (secondary N) is 1. The van der Waals surface area contributed by atoms with E-state index in [4.69, 9.17) is 0 Å². The van der Waals surface area contributed by atoms with Crippen molar-refractivity contribution in [3.63, 3.8) is 0 Å². The van der Waals surface area contributed by atoms with E-state index < -0.39 is 14.9 Å². The van der Waals surface area contributed by atoms with E-state index in [1.54, 1.807) is 18.2 Å². The molecule has 0 radical (unpaired) electrons. The number of hydrogen-bond donors (Lipinski definition) is 1. The Hall–Kier alpha value is -2.45. The highest BCUT2D eigenvalue weighted by Gasteiger charge is 2.21. The Morgan fingerprint density at radius 3 is 2.42 bits per heavy atom. The summed E-state index contributed by atoms with van der Waals surface area (Å²) in [6.45, 7) is 0. The summed E-state index contributed by atoms with van der Waals surface area (Å²) in [5.74, 6) is 0. The lowest BCUT2D eigenvalue weighted by molar-refractivity contribution is -0.384. The van der Waals surface area contributed by atoms with Crippen LogP contribution >= 0.6 is 0 Å². The maximum Gasteiger partial charge on any atom is 0.269 e. The van der Waals surface area contributed by atoms with Crippen LogP contribution in [0.5, 0.6) is 0 Å². The lowest BCUT2D eigenvalue weighted by Crippen LogP contribution is -2.22. The first kappa shape index (κ1) is 17.9. The van der Waals surface area contributed by atoms with E-state index >= 15 is 0 Å². The molecule has 0 atom stereocenters. The van der Waals surface area contributed by atoms with Crippen molar-refractivity contribution in [1.29, 1.82) is 0 Å². The van der Waals surface area contributed by atoms with Gasteiger partial charge in [-0.1, -0.05) is 18.2 Å². The van der Waals surface area contributed by atoms with Crippen LogP contribution < -0.4 is 9.62 Å². The Balaban J connectivity index is 2.60. The molecule has 0 aromatic heterocycles. The number of hydrogen-bond acceptors (Lipinski definition) is 5. The quantitative estimate of drug-likeness (QED) is 0.637. The molecule has 0 aliphatic carbocycles. The second kappa shape index (κ2) is 6.98. The minimum absolute atomic E-state index is 0.0205. The summed E-state index contributed by atoms with van der Waals surface area (Å²) >= 11 is 0. The Morgan fingerprint density at radius 2 is 1.83 bits per heavy atom. The molecule has 128 valence electrons. The second-order valence-electron chi connectivity index (χ2n) is 5.46. The van der Waals surface area contributed by atoms with Gasteiger partial charge in [0, 0.05) is 38.3 Å². The van der Waals surface area contributed by atoms with Crippen molar-refractivity contribution in [1.82, 2.24) is 4.72 Å². The Morgan fingerprint density at radius 1 is 1.17 bits per heavy atom. The zero-order valence-electron chi connectivity index (χ0n) is 13.7. The Bertz CT molecular complexity index is 863. The monoisotopic (exact) mass is 349 g/mol. The van der Waals surface area contributed by atoms with Crippen molar-refractivity contribution >= 4 is 21.4 Å². The normalized spacial score (nSPS) is 11.3. The van der Waals surface area contributed by atoms with E-state index in [0.29, 0.717) is 11.1 Å². The molecule has 0 spiro atoms. The molecule has 2 aromatic carbocycles. The van der Waals surface area contributed by atoms with Crippen LogP contribution in [-0.2, 0) is 16.4 Å². The van der Waals surface area contributed by atoms with Gasteiger partial charge in [0.1, 0.15) is 0 Å². The molecule has 8 heteroatoms. The van der Waals surface area contributed by atoms with Gasteiger partial charge in [0.25, 0.3) is 5.69 Å². The van der Waals surface area contributed by atoms with Gasteiger partial charge in [-0.05, 0) is 30.3 Å². The van der Waals surface area contributed by atoms with Gasteiger partial charge in [-0.2, -0.15) is 0 Å². The topological polar surface area (TPSA) is 92.6 Å². The fourth-order valence-electron chi connectivity index (χ4n) is 2.50. The van der Waals surface area contributed by atoms with Gasteiger partial charge in [-0.15, -0.1) is 0 Å². The van der Waals surface area contributed by atoms with Gasteiger partial charge in [0.2, 0.25) is 10.0 Å². The number of sulfonamides is 1. The third kappa shape index (κ3) is 3.72. The SMILES string of the molecule is CNS(=O)(=O)c1cccc(N(C)C)c1Cc1cccc([N+](=O)[O-])c1. The highest BCUT2D eigenvalue weighted by atomic mass is 32.2. The van der Waals surface area contributed by atoms with Crippen LogP contribution in [0.4, 0.5) is 11.4 Å².